The highest BCUT2D eigenvalue weighted by Crippen LogP contribution is 2.28. The van der Waals surface area contributed by atoms with Crippen molar-refractivity contribution in [1.82, 2.24) is 19.7 Å². The van der Waals surface area contributed by atoms with Gasteiger partial charge in [-0.15, -0.1) is 0 Å². The number of rotatable bonds is 4. The van der Waals surface area contributed by atoms with Crippen LogP contribution < -0.4 is 0 Å². The van der Waals surface area contributed by atoms with E-state index in [4.69, 9.17) is 0 Å². The Balaban J connectivity index is 1.84. The largest absolute Gasteiger partial charge is 0.339 e. The Bertz CT molecular complexity index is 990. The number of pyridine rings is 1. The third-order valence-electron chi connectivity index (χ3n) is 4.11. The molecule has 4 nitrogen and oxygen atoms in total. The molecule has 4 aromatic rings. The van der Waals surface area contributed by atoms with Gasteiger partial charge in [0.1, 0.15) is 5.65 Å². The van der Waals surface area contributed by atoms with Crippen LogP contribution in [0.25, 0.3) is 22.3 Å². The molecule has 1 N–H and O–H groups in total. The fourth-order valence-corrected chi connectivity index (χ4v) is 3.02. The molecule has 0 aliphatic rings. The second kappa shape index (κ2) is 6.40. The smallest absolute Gasteiger partial charge is 0.137 e. The first-order chi connectivity index (χ1) is 12.2. The van der Waals surface area contributed by atoms with E-state index in [9.17, 15) is 0 Å². The van der Waals surface area contributed by atoms with Gasteiger partial charge in [-0.2, -0.15) is 5.10 Å². The lowest BCUT2D eigenvalue weighted by Gasteiger charge is -2.10. The van der Waals surface area contributed by atoms with Crippen LogP contribution in [0, 0.1) is 5.92 Å². The molecule has 0 unspecified atom stereocenters. The molecule has 0 aliphatic carbocycles. The Labute approximate surface area is 146 Å². The molecule has 0 aliphatic heterocycles. The molecule has 4 rings (SSSR count). The minimum Gasteiger partial charge on any atom is -0.339 e. The molecule has 0 bridgehead atoms. The monoisotopic (exact) mass is 328 g/mol. The van der Waals surface area contributed by atoms with Crippen LogP contribution in [0.3, 0.4) is 0 Å². The van der Waals surface area contributed by atoms with Crippen LogP contribution in [-0.4, -0.2) is 19.7 Å². The fraction of sp³-hybridized carbons (Fsp3) is 0.143. The maximum atomic E-state index is 4.42. The zero-order chi connectivity index (χ0) is 17.2. The molecule has 3 aromatic heterocycles. The summed E-state index contributed by atoms with van der Waals surface area (Å²) in [5.74, 6) is 0.433. The van der Waals surface area contributed by atoms with E-state index in [1.807, 2.05) is 29.2 Å². The second-order valence-electron chi connectivity index (χ2n) is 6.45. The molecule has 0 saturated carbocycles. The van der Waals surface area contributed by atoms with E-state index in [0.29, 0.717) is 5.92 Å². The van der Waals surface area contributed by atoms with Gasteiger partial charge in [0.2, 0.25) is 0 Å². The summed E-state index contributed by atoms with van der Waals surface area (Å²) >= 11 is 0. The molecule has 0 amide bonds. The molecular formula is C21H20N4. The summed E-state index contributed by atoms with van der Waals surface area (Å²) in [5, 5.41) is 5.46. The van der Waals surface area contributed by atoms with Crippen LogP contribution in [0.15, 0.2) is 73.2 Å². The molecule has 4 heteroatoms. The van der Waals surface area contributed by atoms with Gasteiger partial charge in [0, 0.05) is 35.2 Å². The summed E-state index contributed by atoms with van der Waals surface area (Å²) in [4.78, 5) is 7.87. The number of aromatic nitrogens is 4. The zero-order valence-electron chi connectivity index (χ0n) is 14.3. The number of nitrogens with zero attached hydrogens (tertiary/aromatic N) is 3. The number of H-pyrrole nitrogens is 1. The lowest BCUT2D eigenvalue weighted by molar-refractivity contribution is 0.833. The summed E-state index contributed by atoms with van der Waals surface area (Å²) < 4.78 is 1.88. The normalized spacial score (nSPS) is 12.2. The highest BCUT2D eigenvalue weighted by molar-refractivity contribution is 5.87. The molecule has 0 saturated heterocycles. The maximum absolute atomic E-state index is 4.42. The van der Waals surface area contributed by atoms with Crippen LogP contribution in [0.5, 0.6) is 0 Å². The molecule has 25 heavy (non-hydrogen) atoms. The average molecular weight is 328 g/mol. The van der Waals surface area contributed by atoms with E-state index >= 15 is 0 Å². The number of fused-ring (bicyclic) bond motifs is 1. The molecular weight excluding hydrogens is 308 g/mol. The average Bonchev–Trinajstić information content (AvgIpc) is 3.29. The predicted octanol–water partition coefficient (Wildman–Crippen LogP) is 4.84. The van der Waals surface area contributed by atoms with E-state index in [1.54, 1.807) is 6.20 Å². The Morgan fingerprint density at radius 3 is 2.76 bits per heavy atom. The van der Waals surface area contributed by atoms with Gasteiger partial charge in [-0.1, -0.05) is 32.1 Å². The topological polar surface area (TPSA) is 46.5 Å². The fourth-order valence-electron chi connectivity index (χ4n) is 3.02. The van der Waals surface area contributed by atoms with Crippen LogP contribution in [0.4, 0.5) is 0 Å². The Hall–Kier alpha value is -3.14. The van der Waals surface area contributed by atoms with Gasteiger partial charge in [0.15, 0.2) is 0 Å². The summed E-state index contributed by atoms with van der Waals surface area (Å²) in [6.07, 6.45) is 7.85. The van der Waals surface area contributed by atoms with Gasteiger partial charge in [-0.3, -0.25) is 0 Å². The van der Waals surface area contributed by atoms with E-state index < -0.39 is 0 Å². The van der Waals surface area contributed by atoms with E-state index in [0.717, 1.165) is 28.0 Å². The molecule has 0 radical (unpaired) electrons. The predicted molar refractivity (Wildman–Crippen MR) is 102 cm³/mol. The van der Waals surface area contributed by atoms with Gasteiger partial charge in [0.25, 0.3) is 0 Å². The Kier molecular flexibility index (Phi) is 3.94. The van der Waals surface area contributed by atoms with Crippen LogP contribution >= 0.6 is 0 Å². The van der Waals surface area contributed by atoms with Crippen molar-refractivity contribution in [3.8, 4) is 5.69 Å². The van der Waals surface area contributed by atoms with E-state index in [1.165, 1.54) is 5.57 Å². The number of hydrogen-bond donors (Lipinski definition) is 1. The van der Waals surface area contributed by atoms with Crippen molar-refractivity contribution in [2.75, 3.05) is 0 Å². The van der Waals surface area contributed by atoms with Gasteiger partial charge >= 0.3 is 0 Å². The second-order valence-corrected chi connectivity index (χ2v) is 6.45. The van der Waals surface area contributed by atoms with Gasteiger partial charge in [0.05, 0.1) is 5.69 Å². The minimum atomic E-state index is 0.433. The van der Waals surface area contributed by atoms with E-state index in [2.05, 4.69) is 71.4 Å². The summed E-state index contributed by atoms with van der Waals surface area (Å²) in [6.45, 7) is 4.39. The number of allylic oxidation sites excluding steroid dienone is 1. The maximum Gasteiger partial charge on any atom is 0.137 e. The third-order valence-corrected chi connectivity index (χ3v) is 4.11. The molecule has 0 fully saturated rings. The highest BCUT2D eigenvalue weighted by atomic mass is 15.3. The summed E-state index contributed by atoms with van der Waals surface area (Å²) in [7, 11) is 0. The van der Waals surface area contributed by atoms with Gasteiger partial charge in [-0.25, -0.2) is 9.67 Å². The SMILES string of the molecule is CC(C)/C=C(\c1cccc(-n2cccn2)c1)c1cc2cccnc2[nH]1. The third kappa shape index (κ3) is 3.11. The van der Waals surface area contributed by atoms with Crippen molar-refractivity contribution in [2.45, 2.75) is 13.8 Å². The number of hydrogen-bond acceptors (Lipinski definition) is 2. The molecule has 0 spiro atoms. The van der Waals surface area contributed by atoms with Crippen LogP contribution in [0.2, 0.25) is 0 Å². The van der Waals surface area contributed by atoms with Crippen molar-refractivity contribution in [1.29, 1.82) is 0 Å². The first-order valence-electron chi connectivity index (χ1n) is 8.47. The van der Waals surface area contributed by atoms with Crippen molar-refractivity contribution in [3.05, 3.63) is 84.5 Å². The Morgan fingerprint density at radius 2 is 2.00 bits per heavy atom. The molecule has 1 aromatic carbocycles. The van der Waals surface area contributed by atoms with Gasteiger partial charge in [-0.05, 0) is 47.9 Å². The van der Waals surface area contributed by atoms with Crippen LogP contribution in [0.1, 0.15) is 25.1 Å². The standard InChI is InChI=1S/C21H20N4/c1-15(2)12-19(20-14-17-7-4-9-22-21(17)24-20)16-6-3-8-18(13-16)25-11-5-10-23-25/h3-15H,1-2H3,(H,22,24)/b19-12+. The summed E-state index contributed by atoms with van der Waals surface area (Å²) in [5.41, 5.74) is 5.39. The lowest BCUT2D eigenvalue weighted by Crippen LogP contribution is -1.97. The number of benzene rings is 1. The van der Waals surface area contributed by atoms with Crippen molar-refractivity contribution in [2.24, 2.45) is 5.92 Å². The first-order valence-corrected chi connectivity index (χ1v) is 8.47. The summed E-state index contributed by atoms with van der Waals surface area (Å²) in [6, 6.07) is 16.6. The van der Waals surface area contributed by atoms with Crippen molar-refractivity contribution in [3.63, 3.8) is 0 Å². The van der Waals surface area contributed by atoms with Gasteiger partial charge < -0.3 is 4.98 Å². The lowest BCUT2D eigenvalue weighted by atomic mass is 9.98. The van der Waals surface area contributed by atoms with Crippen molar-refractivity contribution >= 4 is 16.6 Å². The van der Waals surface area contributed by atoms with Crippen LogP contribution in [-0.2, 0) is 0 Å². The minimum absolute atomic E-state index is 0.433. The number of nitrogens with one attached hydrogen (secondary N) is 1. The van der Waals surface area contributed by atoms with Crippen molar-refractivity contribution < 1.29 is 0 Å². The zero-order valence-corrected chi connectivity index (χ0v) is 14.3. The molecule has 124 valence electrons. The quantitative estimate of drug-likeness (QED) is 0.583. The number of aromatic amines is 1. The van der Waals surface area contributed by atoms with E-state index in [-0.39, 0.29) is 0 Å². The molecule has 0 atom stereocenters. The molecule has 3 heterocycles. The Morgan fingerprint density at radius 1 is 1.08 bits per heavy atom. The first kappa shape index (κ1) is 15.4. The highest BCUT2D eigenvalue weighted by Gasteiger charge is 2.11.